The lowest BCUT2D eigenvalue weighted by atomic mass is 10.2. The average Bonchev–Trinajstić information content (AvgIpc) is 2.43. The fourth-order valence-electron chi connectivity index (χ4n) is 1.58. The number of hydrogen-bond donors (Lipinski definition) is 2. The minimum absolute atomic E-state index is 0.0361. The summed E-state index contributed by atoms with van der Waals surface area (Å²) < 4.78 is 40.4. The first-order valence-corrected chi connectivity index (χ1v) is 7.88. The molecular formula is C13H9BrFN3O2S. The first-order chi connectivity index (χ1) is 9.83. The Kier molecular flexibility index (Phi) is 4.16. The minimum Gasteiger partial charge on any atom is -0.398 e. The summed E-state index contributed by atoms with van der Waals surface area (Å²) in [6.45, 7) is 0. The van der Waals surface area contributed by atoms with Crippen LogP contribution in [0.1, 0.15) is 5.56 Å². The summed E-state index contributed by atoms with van der Waals surface area (Å²) in [6.07, 6.45) is 0. The first-order valence-electron chi connectivity index (χ1n) is 5.61. The van der Waals surface area contributed by atoms with Crippen molar-refractivity contribution in [1.82, 2.24) is 0 Å². The quantitative estimate of drug-likeness (QED) is 0.812. The number of rotatable bonds is 3. The third-order valence-electron chi connectivity index (χ3n) is 2.62. The Balaban J connectivity index is 2.37. The molecule has 0 saturated heterocycles. The van der Waals surface area contributed by atoms with E-state index < -0.39 is 15.8 Å². The van der Waals surface area contributed by atoms with E-state index in [9.17, 15) is 12.8 Å². The van der Waals surface area contributed by atoms with Crippen LogP contribution in [0.3, 0.4) is 0 Å². The van der Waals surface area contributed by atoms with Gasteiger partial charge in [-0.05, 0) is 52.3 Å². The zero-order valence-electron chi connectivity index (χ0n) is 10.5. The summed E-state index contributed by atoms with van der Waals surface area (Å²) in [5, 5.41) is 8.74. The highest BCUT2D eigenvalue weighted by Gasteiger charge is 2.16. The highest BCUT2D eigenvalue weighted by molar-refractivity contribution is 9.10. The molecule has 5 nitrogen and oxygen atoms in total. The standard InChI is InChI=1S/C13H9BrFN3O2S/c14-11-3-2-10(6-13(11)17)21(19,20)18-9-1-4-12(15)8(5-9)7-16/h1-6,18H,17H2. The second kappa shape index (κ2) is 5.71. The van der Waals surface area contributed by atoms with Gasteiger partial charge >= 0.3 is 0 Å². The molecule has 0 aromatic heterocycles. The molecule has 2 rings (SSSR count). The molecule has 0 aliphatic carbocycles. The highest BCUT2D eigenvalue weighted by Crippen LogP contribution is 2.24. The van der Waals surface area contributed by atoms with Crippen LogP contribution in [0.15, 0.2) is 45.8 Å². The number of hydrogen-bond acceptors (Lipinski definition) is 4. The lowest BCUT2D eigenvalue weighted by Crippen LogP contribution is -2.13. The van der Waals surface area contributed by atoms with E-state index in [0.29, 0.717) is 4.47 Å². The summed E-state index contributed by atoms with van der Waals surface area (Å²) in [4.78, 5) is -0.0361. The summed E-state index contributed by atoms with van der Waals surface area (Å²) >= 11 is 3.17. The first kappa shape index (κ1) is 15.3. The van der Waals surface area contributed by atoms with Gasteiger partial charge in [-0.3, -0.25) is 4.72 Å². The largest absolute Gasteiger partial charge is 0.398 e. The van der Waals surface area contributed by atoms with Crippen molar-refractivity contribution in [2.75, 3.05) is 10.5 Å². The Hall–Kier alpha value is -2.11. The molecule has 3 N–H and O–H groups in total. The molecule has 2 aromatic rings. The maximum Gasteiger partial charge on any atom is 0.261 e. The SMILES string of the molecule is N#Cc1cc(NS(=O)(=O)c2ccc(Br)c(N)c2)ccc1F. The Bertz CT molecular complexity index is 847. The zero-order chi connectivity index (χ0) is 15.6. The predicted octanol–water partition coefficient (Wildman–Crippen LogP) is 2.84. The van der Waals surface area contributed by atoms with Gasteiger partial charge in [0.05, 0.1) is 16.1 Å². The molecule has 2 aromatic carbocycles. The molecule has 0 saturated carbocycles. The monoisotopic (exact) mass is 369 g/mol. The second-order valence-corrected chi connectivity index (χ2v) is 6.63. The normalized spacial score (nSPS) is 10.9. The van der Waals surface area contributed by atoms with E-state index in [1.165, 1.54) is 24.3 Å². The number of nitriles is 1. The zero-order valence-corrected chi connectivity index (χ0v) is 12.9. The fraction of sp³-hybridized carbons (Fsp3) is 0. The van der Waals surface area contributed by atoms with Gasteiger partial charge in [0.25, 0.3) is 10.0 Å². The van der Waals surface area contributed by atoms with Gasteiger partial charge in [0.1, 0.15) is 11.9 Å². The topological polar surface area (TPSA) is 96.0 Å². The van der Waals surface area contributed by atoms with Crippen LogP contribution in [0.4, 0.5) is 15.8 Å². The number of nitrogens with zero attached hydrogens (tertiary/aromatic N) is 1. The molecule has 0 radical (unpaired) electrons. The van der Waals surface area contributed by atoms with Crippen LogP contribution < -0.4 is 10.5 Å². The number of anilines is 2. The number of benzene rings is 2. The summed E-state index contributed by atoms with van der Waals surface area (Å²) in [7, 11) is -3.87. The number of sulfonamides is 1. The van der Waals surface area contributed by atoms with Gasteiger partial charge in [0, 0.05) is 10.2 Å². The summed E-state index contributed by atoms with van der Waals surface area (Å²) in [6, 6.07) is 9.19. The van der Waals surface area contributed by atoms with E-state index in [1.807, 2.05) is 0 Å². The molecule has 108 valence electrons. The Morgan fingerprint density at radius 3 is 2.57 bits per heavy atom. The molecule has 21 heavy (non-hydrogen) atoms. The van der Waals surface area contributed by atoms with Gasteiger partial charge < -0.3 is 5.73 Å². The maximum absolute atomic E-state index is 13.2. The molecule has 0 fully saturated rings. The van der Waals surface area contributed by atoms with Crippen LogP contribution in [-0.4, -0.2) is 8.42 Å². The van der Waals surface area contributed by atoms with Gasteiger partial charge in [-0.1, -0.05) is 0 Å². The third-order valence-corrected chi connectivity index (χ3v) is 4.72. The Morgan fingerprint density at radius 1 is 1.24 bits per heavy atom. The number of halogens is 2. The van der Waals surface area contributed by atoms with Crippen LogP contribution in [0.25, 0.3) is 0 Å². The molecule has 0 heterocycles. The van der Waals surface area contributed by atoms with Crippen molar-refractivity contribution in [3.63, 3.8) is 0 Å². The lowest BCUT2D eigenvalue weighted by molar-refractivity contribution is 0.601. The van der Waals surface area contributed by atoms with Crippen molar-refractivity contribution < 1.29 is 12.8 Å². The van der Waals surface area contributed by atoms with Crippen LogP contribution in [-0.2, 0) is 10.0 Å². The van der Waals surface area contributed by atoms with Gasteiger partial charge in [-0.15, -0.1) is 0 Å². The van der Waals surface area contributed by atoms with Gasteiger partial charge in [-0.2, -0.15) is 5.26 Å². The van der Waals surface area contributed by atoms with Crippen molar-refractivity contribution in [2.45, 2.75) is 4.90 Å². The number of nitrogen functional groups attached to an aromatic ring is 1. The van der Waals surface area contributed by atoms with Gasteiger partial charge in [0.2, 0.25) is 0 Å². The predicted molar refractivity (Wildman–Crippen MR) is 80.5 cm³/mol. The van der Waals surface area contributed by atoms with Gasteiger partial charge in [-0.25, -0.2) is 12.8 Å². The maximum atomic E-state index is 13.2. The molecule has 0 bridgehead atoms. The average molecular weight is 370 g/mol. The van der Waals surface area contributed by atoms with Crippen LogP contribution in [0.2, 0.25) is 0 Å². The Labute approximate surface area is 129 Å². The molecule has 0 unspecified atom stereocenters. The molecule has 0 spiro atoms. The van der Waals surface area contributed by atoms with Crippen molar-refractivity contribution in [3.05, 3.63) is 52.3 Å². The van der Waals surface area contributed by atoms with E-state index in [4.69, 9.17) is 11.0 Å². The lowest BCUT2D eigenvalue weighted by Gasteiger charge is -2.09. The summed E-state index contributed by atoms with van der Waals surface area (Å²) in [5.41, 5.74) is 5.76. The second-order valence-electron chi connectivity index (χ2n) is 4.10. The molecule has 0 aliphatic rings. The fourth-order valence-corrected chi connectivity index (χ4v) is 2.91. The van der Waals surface area contributed by atoms with Crippen molar-refractivity contribution >= 4 is 37.3 Å². The van der Waals surface area contributed by atoms with E-state index >= 15 is 0 Å². The van der Waals surface area contributed by atoms with Crippen LogP contribution in [0.5, 0.6) is 0 Å². The van der Waals surface area contributed by atoms with Crippen molar-refractivity contribution in [2.24, 2.45) is 0 Å². The van der Waals surface area contributed by atoms with E-state index in [0.717, 1.165) is 12.1 Å². The van der Waals surface area contributed by atoms with Crippen molar-refractivity contribution in [1.29, 1.82) is 5.26 Å². The van der Waals surface area contributed by atoms with Crippen LogP contribution in [0, 0.1) is 17.1 Å². The van der Waals surface area contributed by atoms with Gasteiger partial charge in [0.15, 0.2) is 0 Å². The van der Waals surface area contributed by atoms with E-state index in [2.05, 4.69) is 20.7 Å². The third kappa shape index (κ3) is 3.32. The Morgan fingerprint density at radius 2 is 1.95 bits per heavy atom. The smallest absolute Gasteiger partial charge is 0.261 e. The van der Waals surface area contributed by atoms with E-state index in [1.54, 1.807) is 6.07 Å². The molecular weight excluding hydrogens is 361 g/mol. The highest BCUT2D eigenvalue weighted by atomic mass is 79.9. The molecule has 0 aliphatic heterocycles. The number of nitrogens with two attached hydrogens (primary N) is 1. The molecule has 8 heteroatoms. The summed E-state index contributed by atoms with van der Waals surface area (Å²) in [5.74, 6) is -0.715. The van der Waals surface area contributed by atoms with Crippen molar-refractivity contribution in [3.8, 4) is 6.07 Å². The number of nitrogens with one attached hydrogen (secondary N) is 1. The minimum atomic E-state index is -3.87. The van der Waals surface area contributed by atoms with Crippen LogP contribution >= 0.6 is 15.9 Å². The van der Waals surface area contributed by atoms with E-state index in [-0.39, 0.29) is 21.8 Å². The molecule has 0 atom stereocenters. The molecule has 0 amide bonds.